The van der Waals surface area contributed by atoms with Crippen molar-refractivity contribution in [3.05, 3.63) is 33.8 Å². The van der Waals surface area contributed by atoms with Crippen LogP contribution in [-0.4, -0.2) is 15.0 Å². The normalized spacial score (nSPS) is 10.3. The van der Waals surface area contributed by atoms with Gasteiger partial charge in [0.2, 0.25) is 17.2 Å². The second kappa shape index (κ2) is 4.80. The first kappa shape index (κ1) is 12.0. The highest BCUT2D eigenvalue weighted by Gasteiger charge is 2.06. The van der Waals surface area contributed by atoms with Crippen LogP contribution in [0.5, 0.6) is 0 Å². The maximum absolute atomic E-state index is 13.5. The molecule has 17 heavy (non-hydrogen) atoms. The standard InChI is InChI=1S/C9H6BrClFN5/c10-4-1-2-6(5(12)3-4)14-9-16-7(11)15-8(13)17-9/h1-3H,(H3,13,14,15,16,17). The Balaban J connectivity index is 2.31. The van der Waals surface area contributed by atoms with Crippen molar-refractivity contribution in [2.24, 2.45) is 0 Å². The van der Waals surface area contributed by atoms with Gasteiger partial charge in [0, 0.05) is 4.47 Å². The first-order valence-electron chi connectivity index (χ1n) is 4.44. The van der Waals surface area contributed by atoms with Crippen molar-refractivity contribution in [3.63, 3.8) is 0 Å². The van der Waals surface area contributed by atoms with Crippen LogP contribution in [0.25, 0.3) is 0 Å². The average Bonchev–Trinajstić information content (AvgIpc) is 2.21. The molecule has 0 spiro atoms. The number of nitrogens with one attached hydrogen (secondary N) is 1. The highest BCUT2D eigenvalue weighted by Crippen LogP contribution is 2.22. The molecule has 1 aromatic heterocycles. The fourth-order valence-electron chi connectivity index (χ4n) is 1.13. The van der Waals surface area contributed by atoms with Gasteiger partial charge in [0.15, 0.2) is 0 Å². The number of anilines is 3. The van der Waals surface area contributed by atoms with E-state index in [9.17, 15) is 4.39 Å². The van der Waals surface area contributed by atoms with Crippen LogP contribution in [-0.2, 0) is 0 Å². The fraction of sp³-hybridized carbons (Fsp3) is 0. The van der Waals surface area contributed by atoms with Gasteiger partial charge in [-0.1, -0.05) is 15.9 Å². The summed E-state index contributed by atoms with van der Waals surface area (Å²) in [6.07, 6.45) is 0. The smallest absolute Gasteiger partial charge is 0.233 e. The Hall–Kier alpha value is -1.47. The molecule has 0 fully saturated rings. The van der Waals surface area contributed by atoms with Crippen molar-refractivity contribution in [2.75, 3.05) is 11.1 Å². The van der Waals surface area contributed by atoms with E-state index < -0.39 is 5.82 Å². The lowest BCUT2D eigenvalue weighted by Crippen LogP contribution is -2.04. The van der Waals surface area contributed by atoms with E-state index in [-0.39, 0.29) is 22.9 Å². The molecule has 8 heteroatoms. The summed E-state index contributed by atoms with van der Waals surface area (Å²) in [6, 6.07) is 4.53. The summed E-state index contributed by atoms with van der Waals surface area (Å²) in [4.78, 5) is 11.1. The van der Waals surface area contributed by atoms with Crippen LogP contribution in [0.4, 0.5) is 22.0 Å². The summed E-state index contributed by atoms with van der Waals surface area (Å²) in [5.74, 6) is -0.400. The molecule has 0 unspecified atom stereocenters. The maximum Gasteiger partial charge on any atom is 0.233 e. The van der Waals surface area contributed by atoms with E-state index >= 15 is 0 Å². The summed E-state index contributed by atoms with van der Waals surface area (Å²) in [6.45, 7) is 0. The minimum Gasteiger partial charge on any atom is -0.368 e. The second-order valence-electron chi connectivity index (χ2n) is 3.04. The maximum atomic E-state index is 13.5. The summed E-state index contributed by atoms with van der Waals surface area (Å²) < 4.78 is 14.1. The third kappa shape index (κ3) is 3.01. The van der Waals surface area contributed by atoms with Crippen LogP contribution in [0.3, 0.4) is 0 Å². The lowest BCUT2D eigenvalue weighted by atomic mass is 10.3. The molecule has 0 amide bonds. The second-order valence-corrected chi connectivity index (χ2v) is 4.29. The van der Waals surface area contributed by atoms with Gasteiger partial charge in [0.05, 0.1) is 5.69 Å². The molecule has 1 aromatic carbocycles. The lowest BCUT2D eigenvalue weighted by Gasteiger charge is -2.06. The summed E-state index contributed by atoms with van der Waals surface area (Å²) >= 11 is 8.75. The number of hydrogen-bond acceptors (Lipinski definition) is 5. The molecule has 5 nitrogen and oxygen atoms in total. The van der Waals surface area contributed by atoms with Crippen molar-refractivity contribution < 1.29 is 4.39 Å². The predicted octanol–water partition coefficient (Wildman–Crippen LogP) is 2.75. The topological polar surface area (TPSA) is 76.7 Å². The number of rotatable bonds is 2. The number of nitrogens with two attached hydrogens (primary N) is 1. The molecule has 3 N–H and O–H groups in total. The molecule has 0 radical (unpaired) electrons. The van der Waals surface area contributed by atoms with Gasteiger partial charge >= 0.3 is 0 Å². The van der Waals surface area contributed by atoms with Crippen LogP contribution in [0.1, 0.15) is 0 Å². The van der Waals surface area contributed by atoms with E-state index in [0.29, 0.717) is 4.47 Å². The van der Waals surface area contributed by atoms with Gasteiger partial charge in [0.1, 0.15) is 5.82 Å². The summed E-state index contributed by atoms with van der Waals surface area (Å²) in [5, 5.41) is 2.60. The van der Waals surface area contributed by atoms with Gasteiger partial charge in [-0.3, -0.25) is 0 Å². The van der Waals surface area contributed by atoms with Gasteiger partial charge < -0.3 is 11.1 Å². The van der Waals surface area contributed by atoms with Gasteiger partial charge in [-0.05, 0) is 29.8 Å². The Bertz CT molecular complexity index is 545. The molecule has 0 bridgehead atoms. The highest BCUT2D eigenvalue weighted by molar-refractivity contribution is 9.10. The van der Waals surface area contributed by atoms with Crippen molar-refractivity contribution in [3.8, 4) is 0 Å². The Morgan fingerprint density at radius 3 is 2.71 bits per heavy atom. The van der Waals surface area contributed by atoms with Gasteiger partial charge in [-0.25, -0.2) is 4.39 Å². The summed E-state index contributed by atoms with van der Waals surface area (Å²) in [7, 11) is 0. The van der Waals surface area contributed by atoms with Crippen LogP contribution >= 0.6 is 27.5 Å². The van der Waals surface area contributed by atoms with E-state index in [1.807, 2.05) is 0 Å². The molecular formula is C9H6BrClFN5. The van der Waals surface area contributed by atoms with Gasteiger partial charge in [-0.2, -0.15) is 15.0 Å². The number of aromatic nitrogens is 3. The largest absolute Gasteiger partial charge is 0.368 e. The molecular weight excluding hydrogens is 312 g/mol. The van der Waals surface area contributed by atoms with Crippen molar-refractivity contribution in [1.82, 2.24) is 15.0 Å². The minimum atomic E-state index is -0.450. The molecule has 0 aliphatic rings. The SMILES string of the molecule is Nc1nc(Cl)nc(Nc2ccc(Br)cc2F)n1. The zero-order valence-corrected chi connectivity index (χ0v) is 10.6. The zero-order valence-electron chi connectivity index (χ0n) is 8.28. The predicted molar refractivity (Wildman–Crippen MR) is 66.6 cm³/mol. The number of hydrogen-bond donors (Lipinski definition) is 2. The Morgan fingerprint density at radius 2 is 2.06 bits per heavy atom. The third-order valence-corrected chi connectivity index (χ3v) is 2.47. The molecule has 0 saturated carbocycles. The minimum absolute atomic E-state index is 0.0370. The van der Waals surface area contributed by atoms with E-state index in [1.54, 1.807) is 6.07 Å². The molecule has 1 heterocycles. The number of benzene rings is 1. The highest BCUT2D eigenvalue weighted by atomic mass is 79.9. The van der Waals surface area contributed by atoms with Crippen LogP contribution in [0.2, 0.25) is 5.28 Å². The zero-order chi connectivity index (χ0) is 12.4. The summed E-state index contributed by atoms with van der Waals surface area (Å²) in [5.41, 5.74) is 5.60. The van der Waals surface area contributed by atoms with Crippen molar-refractivity contribution in [2.45, 2.75) is 0 Å². The van der Waals surface area contributed by atoms with Crippen LogP contribution < -0.4 is 11.1 Å². The Morgan fingerprint density at radius 1 is 1.29 bits per heavy atom. The molecule has 2 aromatic rings. The molecule has 88 valence electrons. The molecule has 0 saturated heterocycles. The molecule has 0 aliphatic carbocycles. The fourth-order valence-corrected chi connectivity index (χ4v) is 1.63. The van der Waals surface area contributed by atoms with E-state index in [4.69, 9.17) is 17.3 Å². The molecule has 0 atom stereocenters. The van der Waals surface area contributed by atoms with E-state index in [1.165, 1.54) is 12.1 Å². The Kier molecular flexibility index (Phi) is 3.39. The molecule has 0 aliphatic heterocycles. The number of nitrogen functional groups attached to an aromatic ring is 1. The van der Waals surface area contributed by atoms with Gasteiger partial charge in [0.25, 0.3) is 0 Å². The van der Waals surface area contributed by atoms with Gasteiger partial charge in [-0.15, -0.1) is 0 Å². The van der Waals surface area contributed by atoms with Crippen LogP contribution in [0, 0.1) is 5.82 Å². The first-order chi connectivity index (χ1) is 8.04. The number of nitrogens with zero attached hydrogens (tertiary/aromatic N) is 3. The Labute approximate surface area is 109 Å². The quantitative estimate of drug-likeness (QED) is 0.890. The molecule has 2 rings (SSSR count). The van der Waals surface area contributed by atoms with E-state index in [2.05, 4.69) is 36.2 Å². The first-order valence-corrected chi connectivity index (χ1v) is 5.61. The lowest BCUT2D eigenvalue weighted by molar-refractivity contribution is 0.630. The van der Waals surface area contributed by atoms with Crippen molar-refractivity contribution in [1.29, 1.82) is 0 Å². The van der Waals surface area contributed by atoms with E-state index in [0.717, 1.165) is 0 Å². The third-order valence-electron chi connectivity index (χ3n) is 1.80. The van der Waals surface area contributed by atoms with Crippen LogP contribution in [0.15, 0.2) is 22.7 Å². The average molecular weight is 319 g/mol. The monoisotopic (exact) mass is 317 g/mol. The van der Waals surface area contributed by atoms with Crippen molar-refractivity contribution >= 4 is 45.1 Å². The number of halogens is 3.